The maximum Gasteiger partial charge on any atom is 0.0932 e. The molecule has 2 aromatic rings. The molecule has 1 atom stereocenters. The van der Waals surface area contributed by atoms with Crippen molar-refractivity contribution in [2.24, 2.45) is 0 Å². The van der Waals surface area contributed by atoms with Crippen molar-refractivity contribution < 1.29 is 5.11 Å². The third kappa shape index (κ3) is 1.59. The van der Waals surface area contributed by atoms with E-state index in [0.717, 1.165) is 10.9 Å². The highest BCUT2D eigenvalue weighted by Gasteiger charge is 2.04. The van der Waals surface area contributed by atoms with Crippen molar-refractivity contribution in [2.75, 3.05) is 0 Å². The molecule has 3 heteroatoms. The molecule has 1 heterocycles. The van der Waals surface area contributed by atoms with E-state index in [4.69, 9.17) is 11.6 Å². The Morgan fingerprint density at radius 1 is 1.29 bits per heavy atom. The number of nitrogens with zero attached hydrogens (tertiary/aromatic N) is 1. The molecule has 0 aliphatic heterocycles. The summed E-state index contributed by atoms with van der Waals surface area (Å²) < 4.78 is 0. The van der Waals surface area contributed by atoms with Crippen molar-refractivity contribution in [1.82, 2.24) is 4.98 Å². The molecule has 2 nitrogen and oxygen atoms in total. The predicted molar refractivity (Wildman–Crippen MR) is 57.4 cm³/mol. The number of hydrogen-bond donors (Lipinski definition) is 1. The van der Waals surface area contributed by atoms with Crippen molar-refractivity contribution in [1.29, 1.82) is 0 Å². The Balaban J connectivity index is 2.67. The highest BCUT2D eigenvalue weighted by Crippen LogP contribution is 2.23. The van der Waals surface area contributed by atoms with Gasteiger partial charge in [-0.2, -0.15) is 0 Å². The average Bonchev–Trinajstić information content (AvgIpc) is 2.17. The molecule has 0 radical (unpaired) electrons. The number of pyridine rings is 1. The van der Waals surface area contributed by atoms with E-state index in [1.54, 1.807) is 13.0 Å². The van der Waals surface area contributed by atoms with Gasteiger partial charge < -0.3 is 5.11 Å². The first-order chi connectivity index (χ1) is 6.68. The van der Waals surface area contributed by atoms with Crippen LogP contribution in [0.2, 0.25) is 5.02 Å². The smallest absolute Gasteiger partial charge is 0.0932 e. The van der Waals surface area contributed by atoms with Gasteiger partial charge in [0.1, 0.15) is 0 Å². The van der Waals surface area contributed by atoms with E-state index in [-0.39, 0.29) is 0 Å². The van der Waals surface area contributed by atoms with Crippen molar-refractivity contribution in [3.8, 4) is 0 Å². The van der Waals surface area contributed by atoms with Crippen LogP contribution in [-0.4, -0.2) is 10.1 Å². The second kappa shape index (κ2) is 3.56. The summed E-state index contributed by atoms with van der Waals surface area (Å²) in [4.78, 5) is 4.30. The fourth-order valence-corrected chi connectivity index (χ4v) is 1.60. The van der Waals surface area contributed by atoms with Gasteiger partial charge in [0.25, 0.3) is 0 Å². The van der Waals surface area contributed by atoms with E-state index < -0.39 is 6.10 Å². The highest BCUT2D eigenvalue weighted by molar-refractivity contribution is 6.35. The molecule has 1 unspecified atom stereocenters. The maximum atomic E-state index is 9.36. The molecular formula is C11H10ClNO. The van der Waals surface area contributed by atoms with Gasteiger partial charge in [-0.3, -0.25) is 4.98 Å². The van der Waals surface area contributed by atoms with Gasteiger partial charge in [-0.25, -0.2) is 0 Å². The third-order valence-electron chi connectivity index (χ3n) is 2.13. The molecule has 2 rings (SSSR count). The molecule has 14 heavy (non-hydrogen) atoms. The Hall–Kier alpha value is -1.12. The third-order valence-corrected chi connectivity index (χ3v) is 2.46. The van der Waals surface area contributed by atoms with Crippen LogP contribution in [0.5, 0.6) is 0 Å². The van der Waals surface area contributed by atoms with Crippen LogP contribution in [0.25, 0.3) is 10.9 Å². The lowest BCUT2D eigenvalue weighted by molar-refractivity contribution is 0.195. The molecule has 72 valence electrons. The molecule has 1 N–H and O–H groups in total. The minimum Gasteiger partial charge on any atom is -0.387 e. The summed E-state index contributed by atoms with van der Waals surface area (Å²) in [7, 11) is 0. The van der Waals surface area contributed by atoms with Crippen LogP contribution in [0.3, 0.4) is 0 Å². The zero-order valence-electron chi connectivity index (χ0n) is 7.74. The van der Waals surface area contributed by atoms with Gasteiger partial charge in [-0.1, -0.05) is 17.7 Å². The average molecular weight is 208 g/mol. The first-order valence-electron chi connectivity index (χ1n) is 4.42. The standard InChI is InChI=1S/C11H10ClNO/c1-7(14)10-6-5-8-9(12)3-2-4-11(8)13-10/h2-7,14H,1H3. The van der Waals surface area contributed by atoms with Crippen LogP contribution >= 0.6 is 11.6 Å². The van der Waals surface area contributed by atoms with Crippen LogP contribution in [0.1, 0.15) is 18.7 Å². The second-order valence-electron chi connectivity index (χ2n) is 3.22. The fraction of sp³-hybridized carbons (Fsp3) is 0.182. The molecule has 0 amide bonds. The Labute approximate surface area is 87.2 Å². The number of fused-ring (bicyclic) bond motifs is 1. The quantitative estimate of drug-likeness (QED) is 0.780. The Morgan fingerprint density at radius 3 is 2.79 bits per heavy atom. The van der Waals surface area contributed by atoms with Crippen molar-refractivity contribution in [2.45, 2.75) is 13.0 Å². The Bertz CT molecular complexity index is 468. The summed E-state index contributed by atoms with van der Waals surface area (Å²) in [5, 5.41) is 11.0. The summed E-state index contributed by atoms with van der Waals surface area (Å²) in [6.07, 6.45) is -0.543. The summed E-state index contributed by atoms with van der Waals surface area (Å²) in [5.41, 5.74) is 1.48. The molecule has 0 bridgehead atoms. The normalized spacial score (nSPS) is 13.1. The van der Waals surface area contributed by atoms with Crippen LogP contribution < -0.4 is 0 Å². The van der Waals surface area contributed by atoms with Gasteiger partial charge >= 0.3 is 0 Å². The summed E-state index contributed by atoms with van der Waals surface area (Å²) in [6.45, 7) is 1.69. The minimum atomic E-state index is -0.543. The van der Waals surface area contributed by atoms with Crippen LogP contribution in [0.4, 0.5) is 0 Å². The zero-order valence-corrected chi connectivity index (χ0v) is 8.49. The van der Waals surface area contributed by atoms with Gasteiger partial charge in [-0.15, -0.1) is 0 Å². The van der Waals surface area contributed by atoms with Crippen LogP contribution in [0, 0.1) is 0 Å². The van der Waals surface area contributed by atoms with Gasteiger partial charge in [0.05, 0.1) is 17.3 Å². The molecule has 1 aromatic heterocycles. The van der Waals surface area contributed by atoms with Crippen LogP contribution in [0.15, 0.2) is 30.3 Å². The number of rotatable bonds is 1. The Morgan fingerprint density at radius 2 is 2.07 bits per heavy atom. The summed E-state index contributed by atoms with van der Waals surface area (Å²) >= 11 is 5.99. The first kappa shape index (κ1) is 9.44. The second-order valence-corrected chi connectivity index (χ2v) is 3.63. The zero-order chi connectivity index (χ0) is 10.1. The number of aliphatic hydroxyl groups excluding tert-OH is 1. The van der Waals surface area contributed by atoms with Crippen molar-refractivity contribution >= 4 is 22.5 Å². The van der Waals surface area contributed by atoms with E-state index in [9.17, 15) is 5.11 Å². The maximum absolute atomic E-state index is 9.36. The molecular weight excluding hydrogens is 198 g/mol. The van der Waals surface area contributed by atoms with E-state index in [1.165, 1.54) is 0 Å². The molecule has 0 saturated heterocycles. The van der Waals surface area contributed by atoms with Gasteiger partial charge in [0, 0.05) is 10.4 Å². The van der Waals surface area contributed by atoms with E-state index in [1.807, 2.05) is 24.3 Å². The summed E-state index contributed by atoms with van der Waals surface area (Å²) in [5.74, 6) is 0. The monoisotopic (exact) mass is 207 g/mol. The lowest BCUT2D eigenvalue weighted by Crippen LogP contribution is -1.95. The minimum absolute atomic E-state index is 0.543. The topological polar surface area (TPSA) is 33.1 Å². The van der Waals surface area contributed by atoms with E-state index >= 15 is 0 Å². The highest BCUT2D eigenvalue weighted by atomic mass is 35.5. The van der Waals surface area contributed by atoms with Crippen molar-refractivity contribution in [3.05, 3.63) is 41.0 Å². The molecule has 0 aliphatic rings. The number of aliphatic hydroxyl groups is 1. The van der Waals surface area contributed by atoms with E-state index in [0.29, 0.717) is 10.7 Å². The molecule has 0 spiro atoms. The Kier molecular flexibility index (Phi) is 2.40. The predicted octanol–water partition coefficient (Wildman–Crippen LogP) is 2.94. The molecule has 0 saturated carbocycles. The number of hydrogen-bond acceptors (Lipinski definition) is 2. The van der Waals surface area contributed by atoms with Gasteiger partial charge in [-0.05, 0) is 31.2 Å². The molecule has 0 aliphatic carbocycles. The van der Waals surface area contributed by atoms with Crippen molar-refractivity contribution in [3.63, 3.8) is 0 Å². The lowest BCUT2D eigenvalue weighted by atomic mass is 10.1. The first-order valence-corrected chi connectivity index (χ1v) is 4.79. The van der Waals surface area contributed by atoms with Gasteiger partial charge in [0.2, 0.25) is 0 Å². The summed E-state index contributed by atoms with van der Waals surface area (Å²) in [6, 6.07) is 9.23. The van der Waals surface area contributed by atoms with Gasteiger partial charge in [0.15, 0.2) is 0 Å². The SMILES string of the molecule is CC(O)c1ccc2c(Cl)cccc2n1. The number of aromatic nitrogens is 1. The number of benzene rings is 1. The van der Waals surface area contributed by atoms with E-state index in [2.05, 4.69) is 4.98 Å². The molecule has 0 fully saturated rings. The van der Waals surface area contributed by atoms with Crippen LogP contribution in [-0.2, 0) is 0 Å². The largest absolute Gasteiger partial charge is 0.387 e. The molecule has 1 aromatic carbocycles. The number of halogens is 1. The fourth-order valence-electron chi connectivity index (χ4n) is 1.37. The lowest BCUT2D eigenvalue weighted by Gasteiger charge is -2.05.